The van der Waals surface area contributed by atoms with Crippen molar-refractivity contribution in [2.45, 2.75) is 40.2 Å². The van der Waals surface area contributed by atoms with Crippen LogP contribution in [0.3, 0.4) is 0 Å². The number of halogens is 1. The van der Waals surface area contributed by atoms with Crippen molar-refractivity contribution in [2.75, 3.05) is 44.7 Å². The Morgan fingerprint density at radius 1 is 1.15 bits per heavy atom. The lowest BCUT2D eigenvalue weighted by atomic mass is 10.2. The number of hydrogen-bond donors (Lipinski definition) is 2. The summed E-state index contributed by atoms with van der Waals surface area (Å²) < 4.78 is 11.4. The maximum absolute atomic E-state index is 5.76. The first kappa shape index (κ1) is 22.8. The predicted molar refractivity (Wildman–Crippen MR) is 119 cm³/mol. The number of hydrogen-bond acceptors (Lipinski definition) is 4. The SMILES string of the molecule is CCNC(=NCC(C)N(CC)CC)Nc1ccc2c(c1)OCCCO2.I. The molecule has 0 bridgehead atoms. The molecule has 2 rings (SSSR count). The maximum Gasteiger partial charge on any atom is 0.195 e. The third kappa shape index (κ3) is 6.83. The normalized spacial score (nSPS) is 15.0. The number of nitrogens with zero attached hydrogens (tertiary/aromatic N) is 2. The highest BCUT2D eigenvalue weighted by molar-refractivity contribution is 14.0. The lowest BCUT2D eigenvalue weighted by Crippen LogP contribution is -2.37. The van der Waals surface area contributed by atoms with Gasteiger partial charge in [0.1, 0.15) is 0 Å². The van der Waals surface area contributed by atoms with Crippen LogP contribution >= 0.6 is 24.0 Å². The van der Waals surface area contributed by atoms with Gasteiger partial charge in [-0.05, 0) is 39.1 Å². The highest BCUT2D eigenvalue weighted by Gasteiger charge is 2.12. The Hall–Kier alpha value is -1.22. The summed E-state index contributed by atoms with van der Waals surface area (Å²) in [5.74, 6) is 2.38. The fourth-order valence-electron chi connectivity index (χ4n) is 2.87. The van der Waals surface area contributed by atoms with Crippen molar-refractivity contribution < 1.29 is 9.47 Å². The summed E-state index contributed by atoms with van der Waals surface area (Å²) in [6.07, 6.45) is 0.908. The van der Waals surface area contributed by atoms with Gasteiger partial charge < -0.3 is 20.1 Å². The van der Waals surface area contributed by atoms with Gasteiger partial charge in [-0.15, -0.1) is 24.0 Å². The van der Waals surface area contributed by atoms with Crippen molar-refractivity contribution >= 4 is 35.6 Å². The van der Waals surface area contributed by atoms with E-state index in [1.165, 1.54) is 0 Å². The molecule has 0 saturated heterocycles. The number of likely N-dealkylation sites (N-methyl/N-ethyl adjacent to an activating group) is 1. The van der Waals surface area contributed by atoms with E-state index in [9.17, 15) is 0 Å². The molecule has 1 aliphatic rings. The van der Waals surface area contributed by atoms with Crippen LogP contribution in [0.25, 0.3) is 0 Å². The van der Waals surface area contributed by atoms with Crippen molar-refractivity contribution in [3.05, 3.63) is 18.2 Å². The zero-order chi connectivity index (χ0) is 18.1. The van der Waals surface area contributed by atoms with Crippen molar-refractivity contribution in [1.29, 1.82) is 0 Å². The molecule has 1 aromatic rings. The number of nitrogens with one attached hydrogen (secondary N) is 2. The van der Waals surface area contributed by atoms with Crippen molar-refractivity contribution in [3.8, 4) is 11.5 Å². The van der Waals surface area contributed by atoms with Crippen LogP contribution < -0.4 is 20.1 Å². The molecule has 2 N–H and O–H groups in total. The Morgan fingerprint density at radius 3 is 2.50 bits per heavy atom. The molecule has 0 aromatic heterocycles. The van der Waals surface area contributed by atoms with Crippen LogP contribution in [0.5, 0.6) is 11.5 Å². The summed E-state index contributed by atoms with van der Waals surface area (Å²) in [6, 6.07) is 6.33. The second-order valence-corrected chi connectivity index (χ2v) is 6.13. The lowest BCUT2D eigenvalue weighted by molar-refractivity contribution is 0.237. The molecule has 1 atom stereocenters. The smallest absolute Gasteiger partial charge is 0.195 e. The van der Waals surface area contributed by atoms with Crippen LogP contribution in [-0.4, -0.2) is 56.3 Å². The van der Waals surface area contributed by atoms with Crippen LogP contribution in [0.2, 0.25) is 0 Å². The van der Waals surface area contributed by atoms with Crippen LogP contribution in [0.15, 0.2) is 23.2 Å². The summed E-state index contributed by atoms with van der Waals surface area (Å²) in [5, 5.41) is 6.67. The fraction of sp³-hybridized carbons (Fsp3) is 0.632. The average molecular weight is 476 g/mol. The Kier molecular flexibility index (Phi) is 10.7. The van der Waals surface area contributed by atoms with E-state index >= 15 is 0 Å². The molecule has 0 aliphatic carbocycles. The molecule has 148 valence electrons. The maximum atomic E-state index is 5.76. The molecule has 0 amide bonds. The van der Waals surface area contributed by atoms with E-state index in [0.717, 1.165) is 55.7 Å². The first-order valence-corrected chi connectivity index (χ1v) is 9.36. The monoisotopic (exact) mass is 476 g/mol. The van der Waals surface area contributed by atoms with Gasteiger partial charge >= 0.3 is 0 Å². The van der Waals surface area contributed by atoms with Crippen molar-refractivity contribution in [3.63, 3.8) is 0 Å². The van der Waals surface area contributed by atoms with E-state index in [-0.39, 0.29) is 24.0 Å². The number of aliphatic imine (C=N–C) groups is 1. The average Bonchev–Trinajstić information content (AvgIpc) is 2.86. The molecule has 1 aromatic carbocycles. The molecular weight excluding hydrogens is 443 g/mol. The Morgan fingerprint density at radius 2 is 1.85 bits per heavy atom. The van der Waals surface area contributed by atoms with Crippen LogP contribution in [-0.2, 0) is 0 Å². The lowest BCUT2D eigenvalue weighted by Gasteiger charge is -2.25. The Labute approximate surface area is 174 Å². The summed E-state index contributed by atoms with van der Waals surface area (Å²) in [7, 11) is 0. The summed E-state index contributed by atoms with van der Waals surface area (Å²) in [4.78, 5) is 7.14. The third-order valence-corrected chi connectivity index (χ3v) is 4.30. The Balaban J connectivity index is 0.00000338. The van der Waals surface area contributed by atoms with E-state index in [4.69, 9.17) is 14.5 Å². The van der Waals surface area contributed by atoms with Gasteiger partial charge in [-0.3, -0.25) is 9.89 Å². The standard InChI is InChI=1S/C19H32N4O2.HI/c1-5-20-19(21-14-15(4)23(6-2)7-3)22-16-9-10-17-18(13-16)25-12-8-11-24-17;/h9-10,13,15H,5-8,11-12,14H2,1-4H3,(H2,20,21,22);1H. The first-order valence-electron chi connectivity index (χ1n) is 9.36. The predicted octanol–water partition coefficient (Wildman–Crippen LogP) is 3.57. The minimum atomic E-state index is 0. The zero-order valence-corrected chi connectivity index (χ0v) is 18.7. The number of fused-ring (bicyclic) bond motifs is 1. The van der Waals surface area contributed by atoms with E-state index in [2.05, 4.69) is 43.2 Å². The summed E-state index contributed by atoms with van der Waals surface area (Å²) in [6.45, 7) is 13.7. The minimum Gasteiger partial charge on any atom is -0.490 e. The zero-order valence-electron chi connectivity index (χ0n) is 16.4. The number of anilines is 1. The second kappa shape index (κ2) is 12.2. The van der Waals surface area contributed by atoms with Crippen LogP contribution in [0, 0.1) is 0 Å². The highest BCUT2D eigenvalue weighted by atomic mass is 127. The van der Waals surface area contributed by atoms with Gasteiger partial charge in [0, 0.05) is 30.8 Å². The molecule has 0 radical (unpaired) electrons. The van der Waals surface area contributed by atoms with Crippen LogP contribution in [0.1, 0.15) is 34.1 Å². The highest BCUT2D eigenvalue weighted by Crippen LogP contribution is 2.32. The quantitative estimate of drug-likeness (QED) is 0.358. The number of rotatable bonds is 7. The van der Waals surface area contributed by atoms with E-state index in [1.807, 2.05) is 18.2 Å². The molecule has 26 heavy (non-hydrogen) atoms. The fourth-order valence-corrected chi connectivity index (χ4v) is 2.87. The first-order chi connectivity index (χ1) is 12.2. The summed E-state index contributed by atoms with van der Waals surface area (Å²) >= 11 is 0. The van der Waals surface area contributed by atoms with Crippen LogP contribution in [0.4, 0.5) is 5.69 Å². The molecule has 1 aliphatic heterocycles. The number of ether oxygens (including phenoxy) is 2. The third-order valence-electron chi connectivity index (χ3n) is 4.30. The minimum absolute atomic E-state index is 0. The van der Waals surface area contributed by atoms with Gasteiger partial charge in [0.25, 0.3) is 0 Å². The van der Waals surface area contributed by atoms with Gasteiger partial charge in [-0.25, -0.2) is 0 Å². The number of benzene rings is 1. The Bertz CT molecular complexity index is 564. The van der Waals surface area contributed by atoms with E-state index in [0.29, 0.717) is 19.3 Å². The molecule has 6 nitrogen and oxygen atoms in total. The van der Waals surface area contributed by atoms with Gasteiger partial charge in [-0.2, -0.15) is 0 Å². The molecular formula is C19H33IN4O2. The van der Waals surface area contributed by atoms with Crippen molar-refractivity contribution in [1.82, 2.24) is 10.2 Å². The largest absolute Gasteiger partial charge is 0.490 e. The molecule has 0 saturated carbocycles. The molecule has 0 spiro atoms. The topological polar surface area (TPSA) is 58.1 Å². The van der Waals surface area contributed by atoms with Crippen molar-refractivity contribution in [2.24, 2.45) is 4.99 Å². The molecule has 0 fully saturated rings. The molecule has 1 unspecified atom stereocenters. The molecule has 7 heteroatoms. The van der Waals surface area contributed by atoms with Gasteiger partial charge in [0.2, 0.25) is 0 Å². The van der Waals surface area contributed by atoms with Gasteiger partial charge in [-0.1, -0.05) is 13.8 Å². The van der Waals surface area contributed by atoms with Gasteiger partial charge in [0.15, 0.2) is 17.5 Å². The van der Waals surface area contributed by atoms with Gasteiger partial charge in [0.05, 0.1) is 19.8 Å². The molecule has 1 heterocycles. The number of guanidine groups is 1. The van der Waals surface area contributed by atoms with E-state index < -0.39 is 0 Å². The summed E-state index contributed by atoms with van der Waals surface area (Å²) in [5.41, 5.74) is 0.944. The second-order valence-electron chi connectivity index (χ2n) is 6.13. The van der Waals surface area contributed by atoms with E-state index in [1.54, 1.807) is 0 Å².